The van der Waals surface area contributed by atoms with E-state index < -0.39 is 29.7 Å². The summed E-state index contributed by atoms with van der Waals surface area (Å²) in [6.07, 6.45) is -3.03. The molecule has 41 heavy (non-hydrogen) atoms. The van der Waals surface area contributed by atoms with E-state index in [4.69, 9.17) is 16.9 Å². The molecular formula is C27H29F4N7O3. The standard InChI is InChI=1S/C27H29F4N7O3/c1-14(32)3-2-4-15-9-19(23(28)22(10-15)41-27(29,30)31)20-11-17-13-38(26(40)37-24(17)36-20)18-7-5-16(6-8-18)21(39)12-35-25(33)34/h5-11,13-14,21,39H,2-4,12,32H2,1H3,(H4,33,34,35)(H,36,37,40)/t14-,21?/m0/s1. The summed E-state index contributed by atoms with van der Waals surface area (Å²) in [5.41, 5.74) is 11.8. The smallest absolute Gasteiger partial charge is 0.403 e. The van der Waals surface area contributed by atoms with E-state index in [1.165, 1.54) is 22.9 Å². The number of aromatic amines is 1. The second kappa shape index (κ2) is 12.0. The Labute approximate surface area is 231 Å². The topological polar surface area (TPSA) is 168 Å². The van der Waals surface area contributed by atoms with E-state index in [0.29, 0.717) is 41.5 Å². The zero-order valence-corrected chi connectivity index (χ0v) is 21.9. The molecule has 0 saturated carbocycles. The first kappa shape index (κ1) is 29.6. The van der Waals surface area contributed by atoms with Crippen molar-refractivity contribution in [3.63, 3.8) is 0 Å². The fourth-order valence-corrected chi connectivity index (χ4v) is 4.33. The third-order valence-corrected chi connectivity index (χ3v) is 6.29. The predicted octanol–water partition coefficient (Wildman–Crippen LogP) is 3.60. The summed E-state index contributed by atoms with van der Waals surface area (Å²) < 4.78 is 59.5. The van der Waals surface area contributed by atoms with Gasteiger partial charge in [-0.25, -0.2) is 9.18 Å². The average Bonchev–Trinajstić information content (AvgIpc) is 3.30. The van der Waals surface area contributed by atoms with E-state index in [9.17, 15) is 23.1 Å². The summed E-state index contributed by atoms with van der Waals surface area (Å²) >= 11 is 0. The van der Waals surface area contributed by atoms with Gasteiger partial charge in [0, 0.05) is 29.7 Å². The number of nitrogens with two attached hydrogens (primary N) is 2. The van der Waals surface area contributed by atoms with Gasteiger partial charge in [0.1, 0.15) is 5.65 Å². The molecule has 0 amide bonds. The Bertz CT molecular complexity index is 1600. The van der Waals surface area contributed by atoms with Gasteiger partial charge < -0.3 is 31.6 Å². The molecule has 0 bridgehead atoms. The molecular weight excluding hydrogens is 546 g/mol. The highest BCUT2D eigenvalue weighted by Crippen LogP contribution is 2.35. The van der Waals surface area contributed by atoms with Crippen LogP contribution in [0.2, 0.25) is 0 Å². The Balaban J connectivity index is 1.69. The molecule has 0 fully saturated rings. The summed E-state index contributed by atoms with van der Waals surface area (Å²) in [6, 6.07) is 10.2. The number of alkyl halides is 3. The number of hydrogen-bond donors (Lipinski definition) is 6. The zero-order chi connectivity index (χ0) is 29.9. The Morgan fingerprint density at radius 3 is 2.59 bits per heavy atom. The SMILES string of the molecule is C[C@H](N)CCCc1cc(OC(F)(F)F)c(F)c(-c2cc3cn(-c4ccc(C(O)CNC(=N)N)cc4)c(=O)nc3[nH]2)c1. The first-order valence-electron chi connectivity index (χ1n) is 12.6. The van der Waals surface area contributed by atoms with Crippen LogP contribution in [-0.2, 0) is 6.42 Å². The molecule has 10 nitrogen and oxygen atoms in total. The predicted molar refractivity (Wildman–Crippen MR) is 145 cm³/mol. The van der Waals surface area contributed by atoms with Crippen LogP contribution in [0.15, 0.2) is 53.5 Å². The van der Waals surface area contributed by atoms with Gasteiger partial charge in [-0.15, -0.1) is 13.2 Å². The molecule has 1 unspecified atom stereocenters. The molecule has 2 atom stereocenters. The second-order valence-electron chi connectivity index (χ2n) is 9.66. The van der Waals surface area contributed by atoms with Crippen molar-refractivity contribution >= 4 is 17.0 Å². The number of fused-ring (bicyclic) bond motifs is 1. The number of aliphatic hydroxyl groups excluding tert-OH is 1. The van der Waals surface area contributed by atoms with E-state index in [0.717, 1.165) is 6.07 Å². The largest absolute Gasteiger partial charge is 0.573 e. The van der Waals surface area contributed by atoms with Crippen LogP contribution in [0, 0.1) is 11.2 Å². The van der Waals surface area contributed by atoms with Crippen LogP contribution in [0.3, 0.4) is 0 Å². The Morgan fingerprint density at radius 1 is 1.24 bits per heavy atom. The summed E-state index contributed by atoms with van der Waals surface area (Å²) in [7, 11) is 0. The van der Waals surface area contributed by atoms with Crippen LogP contribution in [0.25, 0.3) is 28.0 Å². The number of guanidine groups is 1. The van der Waals surface area contributed by atoms with Gasteiger partial charge in [0.05, 0.1) is 17.5 Å². The maximum Gasteiger partial charge on any atom is 0.573 e. The second-order valence-corrected chi connectivity index (χ2v) is 9.66. The molecule has 0 aliphatic rings. The quantitative estimate of drug-likeness (QED) is 0.0954. The lowest BCUT2D eigenvalue weighted by molar-refractivity contribution is -0.275. The van der Waals surface area contributed by atoms with E-state index in [-0.39, 0.29) is 35.5 Å². The third kappa shape index (κ3) is 7.41. The van der Waals surface area contributed by atoms with Gasteiger partial charge in [0.15, 0.2) is 17.5 Å². The van der Waals surface area contributed by atoms with Gasteiger partial charge in [0.25, 0.3) is 0 Å². The van der Waals surface area contributed by atoms with Crippen LogP contribution in [-0.4, -0.2) is 44.6 Å². The molecule has 0 radical (unpaired) electrons. The molecule has 0 saturated heterocycles. The Hall–Kier alpha value is -4.43. The van der Waals surface area contributed by atoms with E-state index >= 15 is 4.39 Å². The van der Waals surface area contributed by atoms with Gasteiger partial charge in [-0.05, 0) is 67.6 Å². The van der Waals surface area contributed by atoms with Crippen molar-refractivity contribution < 1.29 is 27.4 Å². The molecule has 0 aliphatic heterocycles. The lowest BCUT2D eigenvalue weighted by Crippen LogP contribution is -2.33. The first-order valence-corrected chi connectivity index (χ1v) is 12.6. The summed E-state index contributed by atoms with van der Waals surface area (Å²) in [5, 5.41) is 20.3. The molecule has 4 rings (SSSR count). The van der Waals surface area contributed by atoms with Crippen molar-refractivity contribution in [2.45, 2.75) is 44.7 Å². The summed E-state index contributed by atoms with van der Waals surface area (Å²) in [6.45, 7) is 1.84. The highest BCUT2D eigenvalue weighted by Gasteiger charge is 2.33. The maximum atomic E-state index is 15.3. The monoisotopic (exact) mass is 575 g/mol. The molecule has 4 aromatic rings. The van der Waals surface area contributed by atoms with Crippen molar-refractivity contribution in [2.24, 2.45) is 11.5 Å². The molecule has 0 aliphatic carbocycles. The molecule has 2 aromatic heterocycles. The number of hydrogen-bond acceptors (Lipinski definition) is 6. The minimum absolute atomic E-state index is 0.0217. The lowest BCUT2D eigenvalue weighted by Gasteiger charge is -2.14. The number of ether oxygens (including phenoxy) is 1. The van der Waals surface area contributed by atoms with Crippen molar-refractivity contribution in [1.29, 1.82) is 5.41 Å². The van der Waals surface area contributed by atoms with Crippen molar-refractivity contribution in [2.75, 3.05) is 6.54 Å². The van der Waals surface area contributed by atoms with Crippen LogP contribution >= 0.6 is 0 Å². The van der Waals surface area contributed by atoms with Gasteiger partial charge in [-0.3, -0.25) is 9.98 Å². The van der Waals surface area contributed by atoms with E-state index in [1.54, 1.807) is 24.3 Å². The van der Waals surface area contributed by atoms with Crippen LogP contribution in [0.5, 0.6) is 5.75 Å². The average molecular weight is 576 g/mol. The molecule has 2 aromatic carbocycles. The highest BCUT2D eigenvalue weighted by molar-refractivity contribution is 5.83. The Kier molecular flexibility index (Phi) is 8.63. The number of aromatic nitrogens is 3. The van der Waals surface area contributed by atoms with Crippen molar-refractivity contribution in [3.8, 4) is 22.7 Å². The van der Waals surface area contributed by atoms with Gasteiger partial charge >= 0.3 is 12.1 Å². The zero-order valence-electron chi connectivity index (χ0n) is 21.9. The van der Waals surface area contributed by atoms with Crippen LogP contribution < -0.4 is 27.2 Å². The number of rotatable bonds is 10. The summed E-state index contributed by atoms with van der Waals surface area (Å²) in [4.78, 5) is 19.6. The number of benzene rings is 2. The number of nitrogens with one attached hydrogen (secondary N) is 3. The van der Waals surface area contributed by atoms with E-state index in [1.807, 2.05) is 6.92 Å². The van der Waals surface area contributed by atoms with Gasteiger partial charge in [-0.1, -0.05) is 12.1 Å². The fraction of sp³-hybridized carbons (Fsp3) is 0.296. The normalized spacial score (nSPS) is 13.2. The van der Waals surface area contributed by atoms with E-state index in [2.05, 4.69) is 20.0 Å². The molecule has 218 valence electrons. The molecule has 2 heterocycles. The minimum atomic E-state index is -5.09. The minimum Gasteiger partial charge on any atom is -0.403 e. The molecule has 14 heteroatoms. The number of aliphatic hydroxyl groups is 1. The number of nitrogens with zero attached hydrogens (tertiary/aromatic N) is 2. The highest BCUT2D eigenvalue weighted by atomic mass is 19.4. The third-order valence-electron chi connectivity index (χ3n) is 6.29. The molecule has 0 spiro atoms. The summed E-state index contributed by atoms with van der Waals surface area (Å²) in [5.74, 6) is -2.46. The lowest BCUT2D eigenvalue weighted by atomic mass is 10.0. The van der Waals surface area contributed by atoms with Gasteiger partial charge in [-0.2, -0.15) is 4.98 Å². The van der Waals surface area contributed by atoms with Crippen LogP contribution in [0.4, 0.5) is 17.6 Å². The van der Waals surface area contributed by atoms with Gasteiger partial charge in [0.2, 0.25) is 0 Å². The maximum absolute atomic E-state index is 15.3. The van der Waals surface area contributed by atoms with Crippen molar-refractivity contribution in [3.05, 3.63) is 76.1 Å². The van der Waals surface area contributed by atoms with Crippen LogP contribution in [0.1, 0.15) is 37.0 Å². The number of H-pyrrole nitrogens is 1. The molecule has 8 N–H and O–H groups in total. The van der Waals surface area contributed by atoms with Crippen molar-refractivity contribution in [1.82, 2.24) is 19.9 Å². The first-order chi connectivity index (χ1) is 19.3. The Morgan fingerprint density at radius 2 is 1.95 bits per heavy atom. The fourth-order valence-electron chi connectivity index (χ4n) is 4.33. The number of halogens is 4. The number of aryl methyl sites for hydroxylation is 1.